The Morgan fingerprint density at radius 1 is 0.962 bits per heavy atom. The summed E-state index contributed by atoms with van der Waals surface area (Å²) in [5.74, 6) is -0.0851. The van der Waals surface area contributed by atoms with E-state index in [1.165, 1.54) is 12.8 Å². The topological polar surface area (TPSA) is 75.3 Å². The summed E-state index contributed by atoms with van der Waals surface area (Å²) in [6.45, 7) is 0.105. The molecular weight excluding hydrogens is 348 g/mol. The van der Waals surface area contributed by atoms with Crippen LogP contribution in [0.25, 0.3) is 10.8 Å². The average Bonchev–Trinajstić information content (AvgIpc) is 2.89. The van der Waals surface area contributed by atoms with E-state index >= 15 is 0 Å². The first-order valence-electron chi connectivity index (χ1n) is 9.32. The molecule has 0 unspecified atom stereocenters. The van der Waals surface area contributed by atoms with Gasteiger partial charge >= 0.3 is 0 Å². The molecule has 2 aromatic rings. The van der Waals surface area contributed by atoms with Gasteiger partial charge in [-0.3, -0.25) is 4.79 Å². The van der Waals surface area contributed by atoms with Crippen LogP contribution in [0, 0.1) is 0 Å². The molecule has 1 fully saturated rings. The number of rotatable bonds is 6. The molecule has 2 aromatic carbocycles. The van der Waals surface area contributed by atoms with E-state index < -0.39 is 10.0 Å². The Bertz CT molecular complexity index is 856. The van der Waals surface area contributed by atoms with Crippen LogP contribution in [0.5, 0.6) is 0 Å². The minimum Gasteiger partial charge on any atom is -0.353 e. The lowest BCUT2D eigenvalue weighted by atomic mass is 10.1. The number of nitrogens with one attached hydrogen (secondary N) is 2. The standard InChI is InChI=1S/C20H26N2O3S/c23-20(22-18-9-3-1-2-4-10-18)13-14-21-26(24,25)19-12-11-16-7-5-6-8-17(16)15-19/h5-8,11-12,15,18,21H,1-4,9-10,13-14H2,(H,22,23). The summed E-state index contributed by atoms with van der Waals surface area (Å²) < 4.78 is 27.4. The SMILES string of the molecule is O=C(CCNS(=O)(=O)c1ccc2ccccc2c1)NC1CCCCCC1. The quantitative estimate of drug-likeness (QED) is 0.762. The van der Waals surface area contributed by atoms with Gasteiger partial charge in [0, 0.05) is 19.0 Å². The van der Waals surface area contributed by atoms with Crippen molar-refractivity contribution in [2.75, 3.05) is 6.54 Å². The fourth-order valence-corrected chi connectivity index (χ4v) is 4.51. The highest BCUT2D eigenvalue weighted by Gasteiger charge is 2.17. The number of sulfonamides is 1. The number of carbonyl (C=O) groups is 1. The summed E-state index contributed by atoms with van der Waals surface area (Å²) >= 11 is 0. The second-order valence-corrected chi connectivity index (χ2v) is 8.68. The van der Waals surface area contributed by atoms with Crippen LogP contribution < -0.4 is 10.0 Å². The summed E-state index contributed by atoms with van der Waals surface area (Å²) in [7, 11) is -3.62. The zero-order chi connectivity index (χ0) is 18.4. The van der Waals surface area contributed by atoms with Crippen molar-refractivity contribution in [1.29, 1.82) is 0 Å². The Kier molecular flexibility index (Phi) is 6.27. The van der Waals surface area contributed by atoms with E-state index in [0.29, 0.717) is 0 Å². The van der Waals surface area contributed by atoms with Gasteiger partial charge in [0.1, 0.15) is 0 Å². The van der Waals surface area contributed by atoms with Crippen molar-refractivity contribution in [3.8, 4) is 0 Å². The molecule has 3 rings (SSSR count). The number of hydrogen-bond acceptors (Lipinski definition) is 3. The summed E-state index contributed by atoms with van der Waals surface area (Å²) in [6.07, 6.45) is 6.97. The van der Waals surface area contributed by atoms with E-state index in [1.807, 2.05) is 24.3 Å². The van der Waals surface area contributed by atoms with Crippen molar-refractivity contribution in [2.24, 2.45) is 0 Å². The highest BCUT2D eigenvalue weighted by atomic mass is 32.2. The first kappa shape index (κ1) is 18.9. The van der Waals surface area contributed by atoms with Gasteiger partial charge in [-0.25, -0.2) is 13.1 Å². The molecule has 0 saturated heterocycles. The fraction of sp³-hybridized carbons (Fsp3) is 0.450. The number of amides is 1. The smallest absolute Gasteiger partial charge is 0.240 e. The lowest BCUT2D eigenvalue weighted by Crippen LogP contribution is -2.36. The Morgan fingerprint density at radius 3 is 2.38 bits per heavy atom. The zero-order valence-corrected chi connectivity index (χ0v) is 15.7. The molecule has 6 heteroatoms. The zero-order valence-electron chi connectivity index (χ0n) is 14.9. The molecule has 0 radical (unpaired) electrons. The maximum Gasteiger partial charge on any atom is 0.240 e. The number of benzene rings is 2. The maximum atomic E-state index is 12.4. The van der Waals surface area contributed by atoms with Gasteiger partial charge < -0.3 is 5.32 Å². The minimum absolute atomic E-state index is 0.0851. The molecule has 1 amide bonds. The van der Waals surface area contributed by atoms with E-state index in [9.17, 15) is 13.2 Å². The molecular formula is C20H26N2O3S. The van der Waals surface area contributed by atoms with Crippen LogP contribution in [-0.2, 0) is 14.8 Å². The molecule has 0 aromatic heterocycles. The van der Waals surface area contributed by atoms with E-state index in [0.717, 1.165) is 36.5 Å². The Morgan fingerprint density at radius 2 is 1.65 bits per heavy atom. The second kappa shape index (κ2) is 8.64. The lowest BCUT2D eigenvalue weighted by Gasteiger charge is -2.16. The molecule has 5 nitrogen and oxygen atoms in total. The Labute approximate surface area is 155 Å². The van der Waals surface area contributed by atoms with Crippen LogP contribution in [0.3, 0.4) is 0 Å². The lowest BCUT2D eigenvalue weighted by molar-refractivity contribution is -0.121. The van der Waals surface area contributed by atoms with E-state index in [2.05, 4.69) is 10.0 Å². The molecule has 1 aliphatic carbocycles. The van der Waals surface area contributed by atoms with E-state index in [-0.39, 0.29) is 29.8 Å². The molecule has 1 saturated carbocycles. The van der Waals surface area contributed by atoms with Gasteiger partial charge in [-0.2, -0.15) is 0 Å². The highest BCUT2D eigenvalue weighted by molar-refractivity contribution is 7.89. The van der Waals surface area contributed by atoms with Crippen LogP contribution in [-0.4, -0.2) is 26.9 Å². The number of hydrogen-bond donors (Lipinski definition) is 2. The van der Waals surface area contributed by atoms with Gasteiger partial charge in [-0.1, -0.05) is 56.0 Å². The Balaban J connectivity index is 1.53. The average molecular weight is 375 g/mol. The normalized spacial score (nSPS) is 16.3. The molecule has 2 N–H and O–H groups in total. The number of fused-ring (bicyclic) bond motifs is 1. The molecule has 1 aliphatic rings. The van der Waals surface area contributed by atoms with Crippen molar-refractivity contribution in [2.45, 2.75) is 55.9 Å². The molecule has 0 atom stereocenters. The summed E-state index contributed by atoms with van der Waals surface area (Å²) in [6, 6.07) is 12.9. The minimum atomic E-state index is -3.62. The predicted molar refractivity (Wildman–Crippen MR) is 103 cm³/mol. The van der Waals surface area contributed by atoms with Crippen molar-refractivity contribution < 1.29 is 13.2 Å². The molecule has 140 valence electrons. The largest absolute Gasteiger partial charge is 0.353 e. The van der Waals surface area contributed by atoms with Crippen LogP contribution in [0.2, 0.25) is 0 Å². The predicted octanol–water partition coefficient (Wildman–Crippen LogP) is 3.35. The molecule has 0 bridgehead atoms. The molecule has 0 heterocycles. The third-order valence-corrected chi connectivity index (χ3v) is 6.35. The molecule has 0 spiro atoms. The molecule has 26 heavy (non-hydrogen) atoms. The second-order valence-electron chi connectivity index (χ2n) is 6.91. The summed E-state index contributed by atoms with van der Waals surface area (Å²) in [4.78, 5) is 12.3. The third-order valence-electron chi connectivity index (χ3n) is 4.90. The van der Waals surface area contributed by atoms with Gasteiger partial charge in [0.15, 0.2) is 0 Å². The van der Waals surface area contributed by atoms with E-state index in [1.54, 1.807) is 18.2 Å². The monoisotopic (exact) mass is 374 g/mol. The fourth-order valence-electron chi connectivity index (χ4n) is 3.44. The molecule has 0 aliphatic heterocycles. The van der Waals surface area contributed by atoms with Crippen LogP contribution >= 0.6 is 0 Å². The van der Waals surface area contributed by atoms with Gasteiger partial charge in [0.25, 0.3) is 0 Å². The van der Waals surface area contributed by atoms with Crippen molar-refractivity contribution >= 4 is 26.7 Å². The van der Waals surface area contributed by atoms with Crippen molar-refractivity contribution in [3.05, 3.63) is 42.5 Å². The van der Waals surface area contributed by atoms with Crippen molar-refractivity contribution in [1.82, 2.24) is 10.0 Å². The first-order valence-corrected chi connectivity index (χ1v) is 10.8. The highest BCUT2D eigenvalue weighted by Crippen LogP contribution is 2.19. The van der Waals surface area contributed by atoms with Gasteiger partial charge in [0.2, 0.25) is 15.9 Å². The number of carbonyl (C=O) groups excluding carboxylic acids is 1. The first-order chi connectivity index (χ1) is 12.5. The third kappa shape index (κ3) is 5.05. The van der Waals surface area contributed by atoms with Gasteiger partial charge in [-0.15, -0.1) is 0 Å². The van der Waals surface area contributed by atoms with Crippen LogP contribution in [0.4, 0.5) is 0 Å². The summed E-state index contributed by atoms with van der Waals surface area (Å²) in [5, 5.41) is 4.91. The van der Waals surface area contributed by atoms with Crippen molar-refractivity contribution in [3.63, 3.8) is 0 Å². The van der Waals surface area contributed by atoms with Gasteiger partial charge in [0.05, 0.1) is 4.90 Å². The Hall–Kier alpha value is -1.92. The maximum absolute atomic E-state index is 12.4. The summed E-state index contributed by atoms with van der Waals surface area (Å²) in [5.41, 5.74) is 0. The van der Waals surface area contributed by atoms with Crippen LogP contribution in [0.1, 0.15) is 44.9 Å². The van der Waals surface area contributed by atoms with E-state index in [4.69, 9.17) is 0 Å². The van der Waals surface area contributed by atoms with Crippen LogP contribution in [0.15, 0.2) is 47.4 Å². The van der Waals surface area contributed by atoms with Gasteiger partial charge in [-0.05, 0) is 35.7 Å².